The first kappa shape index (κ1) is 11.6. The third kappa shape index (κ3) is 2.49. The number of nitrogens with zero attached hydrogens (tertiary/aromatic N) is 3. The van der Waals surface area contributed by atoms with E-state index in [0.717, 1.165) is 36.2 Å². The largest absolute Gasteiger partial charge is 0.316 e. The summed E-state index contributed by atoms with van der Waals surface area (Å²) in [6, 6.07) is 0. The zero-order valence-electron chi connectivity index (χ0n) is 9.97. The van der Waals surface area contributed by atoms with E-state index in [4.69, 9.17) is 0 Å². The molecule has 94 valence electrons. The fourth-order valence-corrected chi connectivity index (χ4v) is 2.74. The lowest BCUT2D eigenvalue weighted by molar-refractivity contribution is 0.455. The summed E-state index contributed by atoms with van der Waals surface area (Å²) in [7, 11) is 0. The van der Waals surface area contributed by atoms with Crippen molar-refractivity contribution < 1.29 is 0 Å². The third-order valence-corrected chi connectivity index (χ3v) is 3.76. The van der Waals surface area contributed by atoms with Crippen molar-refractivity contribution in [3.05, 3.63) is 29.7 Å². The van der Waals surface area contributed by atoms with Gasteiger partial charge in [0.1, 0.15) is 0 Å². The number of piperidine rings is 1. The molecular weight excluding hydrogens is 246 g/mol. The summed E-state index contributed by atoms with van der Waals surface area (Å²) < 4.78 is 0. The Balaban J connectivity index is 1.84. The van der Waals surface area contributed by atoms with Gasteiger partial charge in [-0.25, -0.2) is 9.97 Å². The molecule has 0 unspecified atom stereocenters. The molecule has 2 aromatic heterocycles. The van der Waals surface area contributed by atoms with Crippen LogP contribution in [0.25, 0.3) is 0 Å². The molecule has 5 nitrogen and oxygen atoms in total. The first-order valence-electron chi connectivity index (χ1n) is 6.11. The third-order valence-electron chi connectivity index (χ3n) is 3.07. The second-order valence-electron chi connectivity index (χ2n) is 4.30. The zero-order chi connectivity index (χ0) is 12.2. The zero-order valence-corrected chi connectivity index (χ0v) is 10.8. The van der Waals surface area contributed by atoms with Gasteiger partial charge in [0.25, 0.3) is 0 Å². The van der Waals surface area contributed by atoms with Gasteiger partial charge in [0.15, 0.2) is 10.9 Å². The number of thiazole rings is 1. The van der Waals surface area contributed by atoms with Crippen LogP contribution in [0.3, 0.4) is 0 Å². The standard InChI is InChI=1S/C12H15N5S/c1-2-9(8-13-3-1)10-11(15-5-4-14-10)17-12-16-6-7-18-12/h4-7,9,13H,1-3,8H2,(H,15,16,17)/t9-/m0/s1. The SMILES string of the molecule is c1csc(Nc2nccnc2[C@H]2CCCNC2)n1. The molecule has 3 rings (SSSR count). The Hall–Kier alpha value is -1.53. The maximum Gasteiger partial charge on any atom is 0.188 e. The van der Waals surface area contributed by atoms with Crippen LogP contribution < -0.4 is 10.6 Å². The molecule has 1 atom stereocenters. The summed E-state index contributed by atoms with van der Waals surface area (Å²) in [4.78, 5) is 13.1. The molecule has 0 bridgehead atoms. The van der Waals surface area contributed by atoms with E-state index in [-0.39, 0.29) is 0 Å². The molecular formula is C12H15N5S. The Kier molecular flexibility index (Phi) is 3.47. The van der Waals surface area contributed by atoms with Crippen LogP contribution in [-0.4, -0.2) is 28.0 Å². The van der Waals surface area contributed by atoms with E-state index in [2.05, 4.69) is 25.6 Å². The molecule has 1 saturated heterocycles. The number of hydrogen-bond acceptors (Lipinski definition) is 6. The summed E-state index contributed by atoms with van der Waals surface area (Å²) in [6.45, 7) is 2.08. The van der Waals surface area contributed by atoms with Gasteiger partial charge in [-0.3, -0.25) is 4.98 Å². The molecule has 3 heterocycles. The van der Waals surface area contributed by atoms with Gasteiger partial charge in [-0.2, -0.15) is 0 Å². The van der Waals surface area contributed by atoms with Crippen LogP contribution in [0.2, 0.25) is 0 Å². The smallest absolute Gasteiger partial charge is 0.188 e. The molecule has 1 aliphatic rings. The van der Waals surface area contributed by atoms with E-state index in [9.17, 15) is 0 Å². The predicted molar refractivity (Wildman–Crippen MR) is 72.3 cm³/mol. The van der Waals surface area contributed by atoms with Gasteiger partial charge in [-0.05, 0) is 19.4 Å². The van der Waals surface area contributed by atoms with Gasteiger partial charge in [0.2, 0.25) is 0 Å². The Morgan fingerprint density at radius 1 is 1.22 bits per heavy atom. The minimum absolute atomic E-state index is 0.440. The average molecular weight is 261 g/mol. The molecule has 0 aliphatic carbocycles. The highest BCUT2D eigenvalue weighted by Gasteiger charge is 2.20. The maximum atomic E-state index is 4.49. The van der Waals surface area contributed by atoms with Gasteiger partial charge >= 0.3 is 0 Å². The van der Waals surface area contributed by atoms with E-state index >= 15 is 0 Å². The highest BCUT2D eigenvalue weighted by Crippen LogP contribution is 2.28. The molecule has 0 saturated carbocycles. The summed E-state index contributed by atoms with van der Waals surface area (Å²) in [5.41, 5.74) is 1.04. The number of anilines is 2. The van der Waals surface area contributed by atoms with Crippen molar-refractivity contribution in [1.29, 1.82) is 0 Å². The van der Waals surface area contributed by atoms with E-state index < -0.39 is 0 Å². The van der Waals surface area contributed by atoms with Crippen molar-refractivity contribution in [2.24, 2.45) is 0 Å². The quantitative estimate of drug-likeness (QED) is 0.886. The molecule has 2 N–H and O–H groups in total. The highest BCUT2D eigenvalue weighted by atomic mass is 32.1. The minimum atomic E-state index is 0.440. The molecule has 0 amide bonds. The molecule has 6 heteroatoms. The molecule has 1 aliphatic heterocycles. The van der Waals surface area contributed by atoms with Gasteiger partial charge in [-0.1, -0.05) is 0 Å². The van der Waals surface area contributed by atoms with E-state index in [1.807, 2.05) is 5.38 Å². The van der Waals surface area contributed by atoms with Gasteiger partial charge in [0.05, 0.1) is 5.69 Å². The van der Waals surface area contributed by atoms with E-state index in [0.29, 0.717) is 5.92 Å². The van der Waals surface area contributed by atoms with Gasteiger partial charge in [-0.15, -0.1) is 11.3 Å². The number of hydrogen-bond donors (Lipinski definition) is 2. The summed E-state index contributed by atoms with van der Waals surface area (Å²) in [6.07, 6.45) is 7.62. The van der Waals surface area contributed by atoms with Crippen LogP contribution in [0.15, 0.2) is 24.0 Å². The van der Waals surface area contributed by atoms with Crippen LogP contribution >= 0.6 is 11.3 Å². The number of aromatic nitrogens is 3. The topological polar surface area (TPSA) is 62.7 Å². The molecule has 0 radical (unpaired) electrons. The lowest BCUT2D eigenvalue weighted by atomic mass is 9.96. The fourth-order valence-electron chi connectivity index (χ4n) is 2.22. The Labute approximate surface area is 110 Å². The number of rotatable bonds is 3. The van der Waals surface area contributed by atoms with Crippen molar-refractivity contribution in [2.45, 2.75) is 18.8 Å². The second kappa shape index (κ2) is 5.41. The molecule has 1 fully saturated rings. The first-order valence-corrected chi connectivity index (χ1v) is 6.99. The van der Waals surface area contributed by atoms with Crippen molar-refractivity contribution in [3.8, 4) is 0 Å². The van der Waals surface area contributed by atoms with Crippen molar-refractivity contribution in [3.63, 3.8) is 0 Å². The minimum Gasteiger partial charge on any atom is -0.316 e. The number of nitrogens with one attached hydrogen (secondary N) is 2. The first-order chi connectivity index (χ1) is 8.93. The summed E-state index contributed by atoms with van der Waals surface area (Å²) in [5, 5.41) is 9.47. The Morgan fingerprint density at radius 2 is 2.17 bits per heavy atom. The molecule has 0 aromatic carbocycles. The molecule has 18 heavy (non-hydrogen) atoms. The predicted octanol–water partition coefficient (Wildman–Crippen LogP) is 2.14. The Morgan fingerprint density at radius 3 is 2.94 bits per heavy atom. The normalized spacial score (nSPS) is 19.7. The Bertz CT molecular complexity index is 493. The van der Waals surface area contributed by atoms with Crippen LogP contribution in [0, 0.1) is 0 Å². The van der Waals surface area contributed by atoms with Crippen molar-refractivity contribution >= 4 is 22.3 Å². The molecule has 0 spiro atoms. The van der Waals surface area contributed by atoms with Crippen LogP contribution in [-0.2, 0) is 0 Å². The summed E-state index contributed by atoms with van der Waals surface area (Å²) in [5.74, 6) is 1.27. The van der Waals surface area contributed by atoms with Gasteiger partial charge in [0, 0.05) is 36.4 Å². The fraction of sp³-hybridized carbons (Fsp3) is 0.417. The van der Waals surface area contributed by atoms with E-state index in [1.54, 1.807) is 29.9 Å². The maximum absolute atomic E-state index is 4.49. The van der Waals surface area contributed by atoms with Crippen LogP contribution in [0.4, 0.5) is 10.9 Å². The van der Waals surface area contributed by atoms with Crippen LogP contribution in [0.5, 0.6) is 0 Å². The van der Waals surface area contributed by atoms with E-state index in [1.165, 1.54) is 6.42 Å². The van der Waals surface area contributed by atoms with Crippen LogP contribution in [0.1, 0.15) is 24.5 Å². The summed E-state index contributed by atoms with van der Waals surface area (Å²) >= 11 is 1.57. The van der Waals surface area contributed by atoms with Crippen molar-refractivity contribution in [2.75, 3.05) is 18.4 Å². The monoisotopic (exact) mass is 261 g/mol. The van der Waals surface area contributed by atoms with Crippen molar-refractivity contribution in [1.82, 2.24) is 20.3 Å². The lowest BCUT2D eigenvalue weighted by Gasteiger charge is -2.23. The second-order valence-corrected chi connectivity index (χ2v) is 5.19. The highest BCUT2D eigenvalue weighted by molar-refractivity contribution is 7.13. The van der Waals surface area contributed by atoms with Gasteiger partial charge < -0.3 is 10.6 Å². The molecule has 2 aromatic rings. The lowest BCUT2D eigenvalue weighted by Crippen LogP contribution is -2.29. The average Bonchev–Trinajstić information content (AvgIpc) is 2.93.